The standard InChI is InChI=1S/C29H31N3O3/c30-25-8-9-26(21-4-2-1-3-5-21)22(19-25)7-11-28(33)23-6-10-27-24(18-23)20-29(34)32(27)13-12-31-14-16-35-17-15-31/h1-6,8-10,18-19H,7,11-17,20,30H2. The molecule has 6 heteroatoms. The van der Waals surface area contributed by atoms with Crippen LogP contribution in [0.2, 0.25) is 0 Å². The number of hydrogen-bond donors (Lipinski definition) is 1. The summed E-state index contributed by atoms with van der Waals surface area (Å²) in [6.07, 6.45) is 1.35. The van der Waals surface area contributed by atoms with E-state index in [4.69, 9.17) is 10.5 Å². The van der Waals surface area contributed by atoms with Gasteiger partial charge in [-0.15, -0.1) is 0 Å². The van der Waals surface area contributed by atoms with E-state index in [1.54, 1.807) is 0 Å². The van der Waals surface area contributed by atoms with E-state index in [1.807, 2.05) is 59.5 Å². The van der Waals surface area contributed by atoms with Crippen LogP contribution in [0.3, 0.4) is 0 Å². The van der Waals surface area contributed by atoms with Gasteiger partial charge in [0.2, 0.25) is 5.91 Å². The number of amides is 1. The van der Waals surface area contributed by atoms with Crippen LogP contribution in [0.5, 0.6) is 0 Å². The number of rotatable bonds is 8. The van der Waals surface area contributed by atoms with E-state index in [9.17, 15) is 9.59 Å². The SMILES string of the molecule is Nc1ccc(-c2ccccc2)c(CCC(=O)c2ccc3c(c2)CC(=O)N3CCN2CCOCC2)c1. The highest BCUT2D eigenvalue weighted by Crippen LogP contribution is 2.31. The molecule has 0 saturated carbocycles. The van der Waals surface area contributed by atoms with Gasteiger partial charge in [-0.3, -0.25) is 14.5 Å². The van der Waals surface area contributed by atoms with Crippen molar-refractivity contribution >= 4 is 23.1 Å². The largest absolute Gasteiger partial charge is 0.399 e. The number of ether oxygens (including phenoxy) is 1. The normalized spacial score (nSPS) is 15.9. The van der Waals surface area contributed by atoms with E-state index in [-0.39, 0.29) is 11.7 Å². The van der Waals surface area contributed by atoms with Crippen LogP contribution in [0.1, 0.15) is 27.9 Å². The third kappa shape index (κ3) is 5.29. The second kappa shape index (κ2) is 10.4. The first-order valence-electron chi connectivity index (χ1n) is 12.3. The summed E-state index contributed by atoms with van der Waals surface area (Å²) in [4.78, 5) is 30.0. The van der Waals surface area contributed by atoms with Crippen molar-refractivity contribution in [3.63, 3.8) is 0 Å². The molecule has 2 N–H and O–H groups in total. The summed E-state index contributed by atoms with van der Waals surface area (Å²) in [5.41, 5.74) is 12.6. The molecule has 35 heavy (non-hydrogen) atoms. The zero-order valence-corrected chi connectivity index (χ0v) is 19.9. The molecule has 1 fully saturated rings. The molecule has 1 saturated heterocycles. The van der Waals surface area contributed by atoms with Crippen LogP contribution in [0.25, 0.3) is 11.1 Å². The van der Waals surface area contributed by atoms with Crippen LogP contribution in [0.15, 0.2) is 66.7 Å². The monoisotopic (exact) mass is 469 g/mol. The summed E-state index contributed by atoms with van der Waals surface area (Å²) in [6.45, 7) is 4.80. The van der Waals surface area contributed by atoms with Gasteiger partial charge in [-0.2, -0.15) is 0 Å². The van der Waals surface area contributed by atoms with Gasteiger partial charge >= 0.3 is 0 Å². The molecule has 6 nitrogen and oxygen atoms in total. The molecular formula is C29H31N3O3. The van der Waals surface area contributed by atoms with Crippen LogP contribution >= 0.6 is 0 Å². The Morgan fingerprint density at radius 3 is 2.54 bits per heavy atom. The Bertz CT molecular complexity index is 1220. The molecule has 0 bridgehead atoms. The van der Waals surface area contributed by atoms with Crippen LogP contribution in [-0.2, 0) is 22.4 Å². The lowest BCUT2D eigenvalue weighted by molar-refractivity contribution is -0.117. The van der Waals surface area contributed by atoms with E-state index >= 15 is 0 Å². The second-order valence-electron chi connectivity index (χ2n) is 9.23. The summed E-state index contributed by atoms with van der Waals surface area (Å²) in [5.74, 6) is 0.179. The number of carbonyl (C=O) groups excluding carboxylic acids is 2. The van der Waals surface area contributed by atoms with Gasteiger partial charge in [0, 0.05) is 49.5 Å². The van der Waals surface area contributed by atoms with Crippen molar-refractivity contribution in [3.05, 3.63) is 83.4 Å². The lowest BCUT2D eigenvalue weighted by atomic mass is 9.94. The number of aryl methyl sites for hydroxylation is 1. The zero-order chi connectivity index (χ0) is 24.2. The fraction of sp³-hybridized carbons (Fsp3) is 0.310. The predicted octanol–water partition coefficient (Wildman–Crippen LogP) is 3.97. The zero-order valence-electron chi connectivity index (χ0n) is 19.9. The number of morpholine rings is 1. The maximum atomic E-state index is 13.1. The van der Waals surface area contributed by atoms with Gasteiger partial charge in [-0.25, -0.2) is 0 Å². The number of benzene rings is 3. The quantitative estimate of drug-likeness (QED) is 0.399. The molecule has 0 unspecified atom stereocenters. The van der Waals surface area contributed by atoms with Crippen LogP contribution in [-0.4, -0.2) is 56.0 Å². The maximum Gasteiger partial charge on any atom is 0.231 e. The van der Waals surface area contributed by atoms with Crippen molar-refractivity contribution in [1.29, 1.82) is 0 Å². The molecule has 2 aliphatic heterocycles. The molecule has 5 rings (SSSR count). The predicted molar refractivity (Wildman–Crippen MR) is 139 cm³/mol. The van der Waals surface area contributed by atoms with Crippen molar-refractivity contribution in [1.82, 2.24) is 4.90 Å². The van der Waals surface area contributed by atoms with Gasteiger partial charge in [0.1, 0.15) is 0 Å². The van der Waals surface area contributed by atoms with Crippen molar-refractivity contribution in [2.45, 2.75) is 19.3 Å². The van der Waals surface area contributed by atoms with Crippen LogP contribution < -0.4 is 10.6 Å². The number of fused-ring (bicyclic) bond motifs is 1. The highest BCUT2D eigenvalue weighted by Gasteiger charge is 2.28. The average Bonchev–Trinajstić information content (AvgIpc) is 3.21. The maximum absolute atomic E-state index is 13.1. The Morgan fingerprint density at radius 1 is 0.943 bits per heavy atom. The smallest absolute Gasteiger partial charge is 0.231 e. The first-order valence-corrected chi connectivity index (χ1v) is 12.3. The van der Waals surface area contributed by atoms with Crippen molar-refractivity contribution in [2.24, 2.45) is 0 Å². The number of ketones is 1. The first kappa shape index (κ1) is 23.3. The number of carbonyl (C=O) groups is 2. The number of nitrogens with two attached hydrogens (primary N) is 1. The molecule has 0 radical (unpaired) electrons. The first-order chi connectivity index (χ1) is 17.1. The van der Waals surface area contributed by atoms with E-state index < -0.39 is 0 Å². The third-order valence-corrected chi connectivity index (χ3v) is 6.91. The number of nitrogens with zero attached hydrogens (tertiary/aromatic N) is 2. The Balaban J connectivity index is 1.26. The number of anilines is 2. The highest BCUT2D eigenvalue weighted by atomic mass is 16.5. The highest BCUT2D eigenvalue weighted by molar-refractivity contribution is 6.03. The number of nitrogen functional groups attached to an aromatic ring is 1. The molecule has 0 spiro atoms. The second-order valence-corrected chi connectivity index (χ2v) is 9.23. The summed E-state index contributed by atoms with van der Waals surface area (Å²) in [6, 6.07) is 21.7. The molecule has 180 valence electrons. The van der Waals surface area contributed by atoms with E-state index in [0.717, 1.165) is 60.8 Å². The summed E-state index contributed by atoms with van der Waals surface area (Å²) < 4.78 is 5.41. The van der Waals surface area contributed by atoms with Crippen molar-refractivity contribution < 1.29 is 14.3 Å². The lowest BCUT2D eigenvalue weighted by Crippen LogP contribution is -2.42. The fourth-order valence-electron chi connectivity index (χ4n) is 4.98. The topological polar surface area (TPSA) is 75.9 Å². The van der Waals surface area contributed by atoms with Gasteiger partial charge in [-0.05, 0) is 59.0 Å². The molecule has 3 aromatic rings. The van der Waals surface area contributed by atoms with Gasteiger partial charge in [0.25, 0.3) is 0 Å². The van der Waals surface area contributed by atoms with Gasteiger partial charge < -0.3 is 15.4 Å². The molecular weight excluding hydrogens is 438 g/mol. The Hall–Kier alpha value is -3.48. The molecule has 3 aromatic carbocycles. The van der Waals surface area contributed by atoms with Gasteiger partial charge in [-0.1, -0.05) is 36.4 Å². The average molecular weight is 470 g/mol. The molecule has 0 atom stereocenters. The molecule has 1 amide bonds. The third-order valence-electron chi connectivity index (χ3n) is 6.91. The lowest BCUT2D eigenvalue weighted by Gasteiger charge is -2.28. The number of hydrogen-bond acceptors (Lipinski definition) is 5. The van der Waals surface area contributed by atoms with Gasteiger partial charge in [0.05, 0.1) is 19.6 Å². The molecule has 0 aromatic heterocycles. The summed E-state index contributed by atoms with van der Waals surface area (Å²) in [7, 11) is 0. The van der Waals surface area contributed by atoms with Crippen LogP contribution in [0, 0.1) is 0 Å². The summed E-state index contributed by atoms with van der Waals surface area (Å²) >= 11 is 0. The molecule has 2 aliphatic rings. The minimum atomic E-state index is 0.0773. The van der Waals surface area contributed by atoms with Gasteiger partial charge in [0.15, 0.2) is 5.78 Å². The molecule has 2 heterocycles. The Kier molecular flexibility index (Phi) is 6.93. The minimum Gasteiger partial charge on any atom is -0.399 e. The number of Topliss-reactive ketones (excluding diaryl/α,β-unsaturated/α-hetero) is 1. The van der Waals surface area contributed by atoms with Crippen LogP contribution in [0.4, 0.5) is 11.4 Å². The van der Waals surface area contributed by atoms with E-state index in [0.29, 0.717) is 37.1 Å². The fourth-order valence-corrected chi connectivity index (χ4v) is 4.98. The Labute approximate surface area is 206 Å². The van der Waals surface area contributed by atoms with E-state index in [1.165, 1.54) is 0 Å². The van der Waals surface area contributed by atoms with E-state index in [2.05, 4.69) is 17.0 Å². The van der Waals surface area contributed by atoms with Crippen molar-refractivity contribution in [3.8, 4) is 11.1 Å². The summed E-state index contributed by atoms with van der Waals surface area (Å²) in [5, 5.41) is 0. The van der Waals surface area contributed by atoms with Crippen molar-refractivity contribution in [2.75, 3.05) is 50.0 Å². The minimum absolute atomic E-state index is 0.0773. The molecule has 0 aliphatic carbocycles. The Morgan fingerprint density at radius 2 is 1.74 bits per heavy atom.